The van der Waals surface area contributed by atoms with Crippen LogP contribution in [-0.4, -0.2) is 23.5 Å². The zero-order chi connectivity index (χ0) is 10.1. The van der Waals surface area contributed by atoms with Gasteiger partial charge in [0.15, 0.2) is 0 Å². The van der Waals surface area contributed by atoms with Crippen molar-refractivity contribution in [2.45, 2.75) is 26.2 Å². The molecule has 0 radical (unpaired) electrons. The van der Waals surface area contributed by atoms with E-state index in [2.05, 4.69) is 30.1 Å². The van der Waals surface area contributed by atoms with Gasteiger partial charge in [0.25, 0.3) is 0 Å². The summed E-state index contributed by atoms with van der Waals surface area (Å²) < 4.78 is 4.27. The van der Waals surface area contributed by atoms with Crippen LogP contribution in [0.2, 0.25) is 0 Å². The highest BCUT2D eigenvalue weighted by Gasteiger charge is 2.20. The quantitative estimate of drug-likeness (QED) is 0.684. The van der Waals surface area contributed by atoms with Crippen LogP contribution in [0, 0.1) is 0 Å². The second kappa shape index (κ2) is 3.59. The smallest absolute Gasteiger partial charge is 0.229 e. The van der Waals surface area contributed by atoms with E-state index in [-0.39, 0.29) is 5.41 Å². The van der Waals surface area contributed by atoms with Gasteiger partial charge in [0, 0.05) is 24.0 Å². The van der Waals surface area contributed by atoms with E-state index < -0.39 is 0 Å². The number of hydrogen-bond acceptors (Lipinski definition) is 5. The predicted octanol–water partition coefficient (Wildman–Crippen LogP) is 1.83. The van der Waals surface area contributed by atoms with Crippen LogP contribution in [-0.2, 0) is 10.3 Å². The molecule has 1 rings (SSSR count). The average Bonchev–Trinajstić information content (AvgIpc) is 2.50. The van der Waals surface area contributed by atoms with E-state index in [1.54, 1.807) is 12.2 Å². The first kappa shape index (κ1) is 10.4. The summed E-state index contributed by atoms with van der Waals surface area (Å²) in [4.78, 5) is 9.36. The molecule has 1 aromatic heterocycles. The highest BCUT2D eigenvalue weighted by Crippen LogP contribution is 2.24. The van der Waals surface area contributed by atoms with E-state index in [1.807, 2.05) is 7.05 Å². The lowest BCUT2D eigenvalue weighted by molar-refractivity contribution is 0.184. The summed E-state index contributed by atoms with van der Waals surface area (Å²) in [5.41, 5.74) is 0.00330. The number of nitrogens with zero attached hydrogens (tertiary/aromatic N) is 3. The molecule has 0 saturated heterocycles. The lowest BCUT2D eigenvalue weighted by Crippen LogP contribution is -2.16. The van der Waals surface area contributed by atoms with Gasteiger partial charge in [-0.3, -0.25) is 4.84 Å². The van der Waals surface area contributed by atoms with Gasteiger partial charge in [0.2, 0.25) is 5.13 Å². The van der Waals surface area contributed by atoms with Crippen LogP contribution in [0.4, 0.5) is 5.13 Å². The number of hydroxylamine groups is 1. The fourth-order valence-corrected chi connectivity index (χ4v) is 1.53. The molecule has 0 saturated carbocycles. The highest BCUT2D eigenvalue weighted by atomic mass is 32.1. The first-order chi connectivity index (χ1) is 5.95. The molecule has 74 valence electrons. The Kier molecular flexibility index (Phi) is 2.87. The minimum absolute atomic E-state index is 0.00330. The lowest BCUT2D eigenvalue weighted by atomic mass is 9.96. The number of aromatic nitrogens is 2. The summed E-state index contributed by atoms with van der Waals surface area (Å²) in [7, 11) is 3.42. The Labute approximate surface area is 82.7 Å². The van der Waals surface area contributed by atoms with Crippen molar-refractivity contribution >= 4 is 16.7 Å². The van der Waals surface area contributed by atoms with Crippen molar-refractivity contribution in [3.05, 3.63) is 5.82 Å². The Morgan fingerprint density at radius 2 is 2.00 bits per heavy atom. The van der Waals surface area contributed by atoms with Crippen molar-refractivity contribution in [3.8, 4) is 0 Å². The third-order valence-corrected chi connectivity index (χ3v) is 2.41. The van der Waals surface area contributed by atoms with Gasteiger partial charge in [-0.1, -0.05) is 20.8 Å². The molecular weight excluding hydrogens is 186 g/mol. The number of rotatable bonds is 2. The van der Waals surface area contributed by atoms with Crippen LogP contribution in [0.1, 0.15) is 26.6 Å². The second-order valence-corrected chi connectivity index (χ2v) is 4.56. The van der Waals surface area contributed by atoms with Gasteiger partial charge < -0.3 is 0 Å². The largest absolute Gasteiger partial charge is 0.275 e. The standard InChI is InChI=1S/C8H15N3OS/c1-8(2,3)6-9-7(13-10-6)11(4)12-5/h1-5H3. The zero-order valence-electron chi connectivity index (χ0n) is 8.66. The van der Waals surface area contributed by atoms with Crippen molar-refractivity contribution in [1.82, 2.24) is 9.36 Å². The van der Waals surface area contributed by atoms with E-state index in [9.17, 15) is 0 Å². The van der Waals surface area contributed by atoms with Gasteiger partial charge in [-0.15, -0.1) is 0 Å². The molecule has 0 aliphatic rings. The molecule has 0 fully saturated rings. The summed E-state index contributed by atoms with van der Waals surface area (Å²) in [6.07, 6.45) is 0. The molecule has 0 aliphatic heterocycles. The lowest BCUT2D eigenvalue weighted by Gasteiger charge is -2.13. The average molecular weight is 201 g/mol. The molecule has 1 aromatic rings. The molecule has 0 unspecified atom stereocenters. The summed E-state index contributed by atoms with van der Waals surface area (Å²) >= 11 is 1.35. The van der Waals surface area contributed by atoms with Crippen molar-refractivity contribution < 1.29 is 4.84 Å². The zero-order valence-corrected chi connectivity index (χ0v) is 9.47. The highest BCUT2D eigenvalue weighted by molar-refractivity contribution is 7.09. The van der Waals surface area contributed by atoms with Crippen molar-refractivity contribution in [2.24, 2.45) is 0 Å². The summed E-state index contributed by atoms with van der Waals surface area (Å²) in [5.74, 6) is 0.858. The molecule has 0 bridgehead atoms. The minimum atomic E-state index is 0.00330. The Bertz CT molecular complexity index is 279. The SMILES string of the molecule is CON(C)c1nc(C(C)(C)C)ns1. The molecular formula is C8H15N3OS. The third kappa shape index (κ3) is 2.38. The molecule has 13 heavy (non-hydrogen) atoms. The van der Waals surface area contributed by atoms with Gasteiger partial charge in [0.1, 0.15) is 5.82 Å². The van der Waals surface area contributed by atoms with E-state index in [0.29, 0.717) is 0 Å². The van der Waals surface area contributed by atoms with Gasteiger partial charge in [-0.2, -0.15) is 4.37 Å². The molecule has 0 spiro atoms. The van der Waals surface area contributed by atoms with Crippen LogP contribution in [0.25, 0.3) is 0 Å². The van der Waals surface area contributed by atoms with Crippen molar-refractivity contribution in [3.63, 3.8) is 0 Å². The normalized spacial score (nSPS) is 11.8. The molecule has 0 aromatic carbocycles. The Hall–Kier alpha value is -0.680. The molecule has 0 atom stereocenters. The Morgan fingerprint density at radius 1 is 1.38 bits per heavy atom. The maximum atomic E-state index is 5.00. The molecule has 0 aliphatic carbocycles. The van der Waals surface area contributed by atoms with Crippen LogP contribution in [0.15, 0.2) is 0 Å². The van der Waals surface area contributed by atoms with Crippen molar-refractivity contribution in [2.75, 3.05) is 19.2 Å². The topological polar surface area (TPSA) is 38.2 Å². The molecule has 5 heteroatoms. The van der Waals surface area contributed by atoms with Crippen LogP contribution >= 0.6 is 11.5 Å². The van der Waals surface area contributed by atoms with Crippen LogP contribution in [0.5, 0.6) is 0 Å². The molecule has 1 heterocycles. The first-order valence-corrected chi connectivity index (χ1v) is 4.84. The van der Waals surface area contributed by atoms with E-state index >= 15 is 0 Å². The monoisotopic (exact) mass is 201 g/mol. The summed E-state index contributed by atoms with van der Waals surface area (Å²) in [6, 6.07) is 0. The van der Waals surface area contributed by atoms with Crippen molar-refractivity contribution in [1.29, 1.82) is 0 Å². The van der Waals surface area contributed by atoms with Gasteiger partial charge in [-0.25, -0.2) is 10.0 Å². The fraction of sp³-hybridized carbons (Fsp3) is 0.750. The Balaban J connectivity index is 2.87. The fourth-order valence-electron chi connectivity index (χ4n) is 0.726. The second-order valence-electron chi connectivity index (χ2n) is 3.83. The van der Waals surface area contributed by atoms with E-state index in [0.717, 1.165) is 11.0 Å². The van der Waals surface area contributed by atoms with Gasteiger partial charge in [0.05, 0.1) is 7.11 Å². The maximum Gasteiger partial charge on any atom is 0.229 e. The first-order valence-electron chi connectivity index (χ1n) is 4.07. The van der Waals surface area contributed by atoms with Gasteiger partial charge >= 0.3 is 0 Å². The number of hydrogen-bond donors (Lipinski definition) is 0. The van der Waals surface area contributed by atoms with Crippen LogP contribution in [0.3, 0.4) is 0 Å². The predicted molar refractivity (Wildman–Crippen MR) is 54.0 cm³/mol. The Morgan fingerprint density at radius 3 is 2.38 bits per heavy atom. The van der Waals surface area contributed by atoms with Crippen LogP contribution < -0.4 is 5.06 Å². The van der Waals surface area contributed by atoms with Gasteiger partial charge in [-0.05, 0) is 0 Å². The molecule has 0 amide bonds. The summed E-state index contributed by atoms with van der Waals surface area (Å²) in [5, 5.41) is 2.39. The molecule has 0 N–H and O–H groups in total. The van der Waals surface area contributed by atoms with E-state index in [1.165, 1.54) is 11.5 Å². The van der Waals surface area contributed by atoms with E-state index in [4.69, 9.17) is 4.84 Å². The maximum absolute atomic E-state index is 5.00. The minimum Gasteiger partial charge on any atom is -0.275 e. The summed E-state index contributed by atoms with van der Waals surface area (Å²) in [6.45, 7) is 6.27. The third-order valence-electron chi connectivity index (χ3n) is 1.63. The number of anilines is 1. The molecule has 4 nitrogen and oxygen atoms in total.